The van der Waals surface area contributed by atoms with Crippen molar-refractivity contribution in [2.24, 2.45) is 0 Å². The molecule has 362 valence electrons. The molecule has 0 aliphatic carbocycles. The molecule has 0 aliphatic heterocycles. The van der Waals surface area contributed by atoms with E-state index in [2.05, 4.69) is 118 Å². The van der Waals surface area contributed by atoms with Crippen LogP contribution in [0.1, 0.15) is 220 Å². The summed E-state index contributed by atoms with van der Waals surface area (Å²) in [6, 6.07) is 0. The van der Waals surface area contributed by atoms with Crippen molar-refractivity contribution in [1.29, 1.82) is 0 Å². The lowest BCUT2D eigenvalue weighted by atomic mass is 10.1. The van der Waals surface area contributed by atoms with Gasteiger partial charge in [0.15, 0.2) is 6.10 Å². The number of esters is 3. The van der Waals surface area contributed by atoms with Gasteiger partial charge in [0.05, 0.1) is 0 Å². The second kappa shape index (κ2) is 51.7. The second-order valence-electron chi connectivity index (χ2n) is 16.7. The number of unbranched alkanes of at least 4 members (excludes halogenated alkanes) is 16. The van der Waals surface area contributed by atoms with Crippen LogP contribution in [0.15, 0.2) is 109 Å². The average molecular weight is 887 g/mol. The molecule has 0 aromatic carbocycles. The number of rotatable bonds is 45. The van der Waals surface area contributed by atoms with E-state index in [0.717, 1.165) is 103 Å². The fourth-order valence-corrected chi connectivity index (χ4v) is 6.72. The fourth-order valence-electron chi connectivity index (χ4n) is 6.72. The minimum absolute atomic E-state index is 0.110. The van der Waals surface area contributed by atoms with Crippen molar-refractivity contribution in [2.75, 3.05) is 13.2 Å². The van der Waals surface area contributed by atoms with Gasteiger partial charge in [0.1, 0.15) is 13.2 Å². The lowest BCUT2D eigenvalue weighted by Gasteiger charge is -2.18. The summed E-state index contributed by atoms with van der Waals surface area (Å²) in [4.78, 5) is 37.9. The molecule has 6 heteroatoms. The molecule has 0 radical (unpaired) electrons. The molecule has 1 unspecified atom stereocenters. The van der Waals surface area contributed by atoms with E-state index >= 15 is 0 Å². The van der Waals surface area contributed by atoms with Crippen molar-refractivity contribution >= 4 is 17.9 Å². The first kappa shape index (κ1) is 60.1. The van der Waals surface area contributed by atoms with Gasteiger partial charge in [-0.3, -0.25) is 14.4 Å². The first-order valence-electron chi connectivity index (χ1n) is 25.9. The Hall–Kier alpha value is -3.93. The Balaban J connectivity index is 4.39. The predicted octanol–water partition coefficient (Wildman–Crippen LogP) is 17.1. The van der Waals surface area contributed by atoms with E-state index in [1.807, 2.05) is 12.2 Å². The third-order valence-corrected chi connectivity index (χ3v) is 10.5. The van der Waals surface area contributed by atoms with Gasteiger partial charge in [0.25, 0.3) is 0 Å². The molecule has 0 aromatic heterocycles. The Morgan fingerprint density at radius 1 is 0.328 bits per heavy atom. The van der Waals surface area contributed by atoms with Crippen LogP contribution in [0.25, 0.3) is 0 Å². The van der Waals surface area contributed by atoms with Crippen LogP contribution in [0.4, 0.5) is 0 Å². The molecule has 0 aromatic rings. The average Bonchev–Trinajstić information content (AvgIpc) is 3.29. The van der Waals surface area contributed by atoms with Crippen LogP contribution in [0.2, 0.25) is 0 Å². The SMILES string of the molecule is CC/C=C\C/C=C\C/C=C\C/C=C\C/C=C\CCCCCCCCCC(=O)OCC(COC(=O)CCCCCCCCCCCC)OC(=O)CC/C=C\C/C=C\C/C=C\C/C=C\CC. The largest absolute Gasteiger partial charge is 0.462 e. The highest BCUT2D eigenvalue weighted by molar-refractivity contribution is 5.71. The Labute approximate surface area is 393 Å². The Kier molecular flexibility index (Phi) is 48.5. The van der Waals surface area contributed by atoms with E-state index in [1.54, 1.807) is 0 Å². The van der Waals surface area contributed by atoms with Crippen molar-refractivity contribution in [2.45, 2.75) is 226 Å². The molecular weight excluding hydrogens is 793 g/mol. The molecule has 0 aliphatic rings. The van der Waals surface area contributed by atoms with E-state index in [-0.39, 0.29) is 31.6 Å². The Morgan fingerprint density at radius 2 is 0.641 bits per heavy atom. The Morgan fingerprint density at radius 3 is 1.02 bits per heavy atom. The van der Waals surface area contributed by atoms with E-state index in [1.165, 1.54) is 70.6 Å². The molecule has 64 heavy (non-hydrogen) atoms. The van der Waals surface area contributed by atoms with E-state index in [4.69, 9.17) is 14.2 Å². The van der Waals surface area contributed by atoms with Gasteiger partial charge in [-0.15, -0.1) is 0 Å². The molecule has 0 heterocycles. The molecule has 0 amide bonds. The third kappa shape index (κ3) is 49.1. The Bertz CT molecular complexity index is 1340. The minimum Gasteiger partial charge on any atom is -0.462 e. The molecular formula is C58H94O6. The summed E-state index contributed by atoms with van der Waals surface area (Å²) < 4.78 is 16.7. The topological polar surface area (TPSA) is 78.9 Å². The second-order valence-corrected chi connectivity index (χ2v) is 16.7. The number of ether oxygens (including phenoxy) is 3. The van der Waals surface area contributed by atoms with Crippen LogP contribution in [0, 0.1) is 0 Å². The van der Waals surface area contributed by atoms with E-state index in [9.17, 15) is 14.4 Å². The van der Waals surface area contributed by atoms with Gasteiger partial charge in [-0.05, 0) is 89.9 Å². The van der Waals surface area contributed by atoms with Gasteiger partial charge in [0.2, 0.25) is 0 Å². The number of hydrogen-bond donors (Lipinski definition) is 0. The maximum atomic E-state index is 12.7. The molecule has 0 bridgehead atoms. The lowest BCUT2D eigenvalue weighted by molar-refractivity contribution is -0.166. The third-order valence-electron chi connectivity index (χ3n) is 10.5. The summed E-state index contributed by atoms with van der Waals surface area (Å²) in [5.74, 6) is -1.01. The highest BCUT2D eigenvalue weighted by Gasteiger charge is 2.19. The monoisotopic (exact) mass is 887 g/mol. The van der Waals surface area contributed by atoms with Gasteiger partial charge in [-0.1, -0.05) is 220 Å². The van der Waals surface area contributed by atoms with Crippen molar-refractivity contribution in [3.8, 4) is 0 Å². The first-order valence-corrected chi connectivity index (χ1v) is 25.9. The van der Waals surface area contributed by atoms with Gasteiger partial charge in [-0.25, -0.2) is 0 Å². The maximum Gasteiger partial charge on any atom is 0.306 e. The number of carbonyl (C=O) groups is 3. The van der Waals surface area contributed by atoms with E-state index < -0.39 is 12.1 Å². The molecule has 0 spiro atoms. The highest BCUT2D eigenvalue weighted by Crippen LogP contribution is 2.13. The molecule has 0 saturated heterocycles. The van der Waals surface area contributed by atoms with Gasteiger partial charge < -0.3 is 14.2 Å². The van der Waals surface area contributed by atoms with Gasteiger partial charge in [0, 0.05) is 19.3 Å². The summed E-state index contributed by atoms with van der Waals surface area (Å²) in [6.45, 7) is 6.31. The van der Waals surface area contributed by atoms with Crippen molar-refractivity contribution in [3.63, 3.8) is 0 Å². The zero-order chi connectivity index (χ0) is 46.5. The normalized spacial score (nSPS) is 13.0. The van der Waals surface area contributed by atoms with Crippen molar-refractivity contribution < 1.29 is 28.6 Å². The lowest BCUT2D eigenvalue weighted by Crippen LogP contribution is -2.30. The number of hydrogen-bond acceptors (Lipinski definition) is 6. The van der Waals surface area contributed by atoms with Crippen LogP contribution in [-0.2, 0) is 28.6 Å². The van der Waals surface area contributed by atoms with Crippen molar-refractivity contribution in [1.82, 2.24) is 0 Å². The summed E-state index contributed by atoms with van der Waals surface area (Å²) in [5, 5.41) is 0. The van der Waals surface area contributed by atoms with Crippen LogP contribution in [0.5, 0.6) is 0 Å². The molecule has 1 atom stereocenters. The van der Waals surface area contributed by atoms with Crippen molar-refractivity contribution in [3.05, 3.63) is 109 Å². The van der Waals surface area contributed by atoms with Crippen LogP contribution >= 0.6 is 0 Å². The zero-order valence-electron chi connectivity index (χ0n) is 41.3. The summed E-state index contributed by atoms with van der Waals surface area (Å²) in [5.41, 5.74) is 0. The van der Waals surface area contributed by atoms with Crippen LogP contribution < -0.4 is 0 Å². The van der Waals surface area contributed by atoms with E-state index in [0.29, 0.717) is 19.3 Å². The molecule has 0 N–H and O–H groups in total. The number of allylic oxidation sites excluding steroid dienone is 18. The van der Waals surface area contributed by atoms with Crippen LogP contribution in [-0.4, -0.2) is 37.2 Å². The molecule has 0 fully saturated rings. The maximum absolute atomic E-state index is 12.7. The molecule has 0 saturated carbocycles. The highest BCUT2D eigenvalue weighted by atomic mass is 16.6. The summed E-state index contributed by atoms with van der Waals surface area (Å²) in [6.07, 6.45) is 69.5. The predicted molar refractivity (Wildman–Crippen MR) is 274 cm³/mol. The minimum atomic E-state index is -0.819. The first-order chi connectivity index (χ1) is 31.5. The molecule has 6 nitrogen and oxygen atoms in total. The smallest absolute Gasteiger partial charge is 0.306 e. The quantitative estimate of drug-likeness (QED) is 0.0262. The number of carbonyl (C=O) groups excluding carboxylic acids is 3. The standard InChI is InChI=1S/C58H94O6/c1-4-7-10-13-16-19-22-24-25-26-27-28-29-30-31-32-33-35-36-39-42-45-48-51-57(60)63-54-55(53-62-56(59)50-47-44-41-38-21-18-15-12-9-6-3)64-58(61)52-49-46-43-40-37-34-23-20-17-14-11-8-5-2/h7-8,10-11,16-17,19-20,24-25,27-28,30-31,34,37,43,46,55H,4-6,9,12-15,18,21-23,26,29,32-33,35-36,38-42,44-45,47-54H2,1-3H3/b10-7-,11-8-,19-16-,20-17-,25-24-,28-27-,31-30-,37-34-,46-43-. The van der Waals surface area contributed by atoms with Gasteiger partial charge >= 0.3 is 17.9 Å². The summed E-state index contributed by atoms with van der Waals surface area (Å²) in [7, 11) is 0. The fraction of sp³-hybridized carbons (Fsp3) is 0.638. The molecule has 0 rings (SSSR count). The van der Waals surface area contributed by atoms with Gasteiger partial charge in [-0.2, -0.15) is 0 Å². The zero-order valence-corrected chi connectivity index (χ0v) is 41.3. The van der Waals surface area contributed by atoms with Crippen LogP contribution in [0.3, 0.4) is 0 Å². The summed E-state index contributed by atoms with van der Waals surface area (Å²) >= 11 is 0.